The molecule has 4 nitrogen and oxygen atoms in total. The highest BCUT2D eigenvalue weighted by atomic mass is 32.2. The maximum atomic E-state index is 12.0. The van der Waals surface area contributed by atoms with E-state index in [2.05, 4.69) is 17.6 Å². The number of thioether (sulfide) groups is 1. The molecular formula is C14H23N3OS. The summed E-state index contributed by atoms with van der Waals surface area (Å²) in [5, 5.41) is 6.11. The Balaban J connectivity index is 2.63. The van der Waals surface area contributed by atoms with Crippen LogP contribution in [0, 0.1) is 0 Å². The Labute approximate surface area is 119 Å². The zero-order chi connectivity index (χ0) is 14.3. The molecule has 106 valence electrons. The molecule has 5 heteroatoms. The van der Waals surface area contributed by atoms with E-state index in [1.54, 1.807) is 16.7 Å². The monoisotopic (exact) mass is 281 g/mol. The van der Waals surface area contributed by atoms with Gasteiger partial charge in [0.2, 0.25) is 0 Å². The summed E-state index contributed by atoms with van der Waals surface area (Å²) in [6, 6.07) is 8.12. The molecule has 19 heavy (non-hydrogen) atoms. The largest absolute Gasteiger partial charge is 0.327 e. The van der Waals surface area contributed by atoms with Crippen molar-refractivity contribution in [1.82, 2.24) is 10.2 Å². The second kappa shape index (κ2) is 8.07. The third-order valence-electron chi connectivity index (χ3n) is 3.05. The van der Waals surface area contributed by atoms with Crippen molar-refractivity contribution >= 4 is 23.5 Å². The molecule has 0 radical (unpaired) electrons. The number of rotatable bonds is 6. The Hall–Kier alpha value is -1.20. The molecule has 0 fully saturated rings. The molecule has 1 aromatic rings. The standard InChI is InChI=1S/C14H23N3OS/c1-11(15-2)12-6-5-7-13(10-12)16-14(18)17(3)8-9-19-4/h5-7,10-11,15H,8-9H2,1-4H3,(H,16,18). The van der Waals surface area contributed by atoms with E-state index in [4.69, 9.17) is 0 Å². The first-order valence-electron chi connectivity index (χ1n) is 6.36. The van der Waals surface area contributed by atoms with Crippen molar-refractivity contribution in [1.29, 1.82) is 0 Å². The van der Waals surface area contributed by atoms with E-state index in [1.165, 1.54) is 0 Å². The molecule has 0 aliphatic heterocycles. The molecule has 1 aromatic carbocycles. The molecule has 2 amide bonds. The van der Waals surface area contributed by atoms with E-state index >= 15 is 0 Å². The zero-order valence-electron chi connectivity index (χ0n) is 12.1. The first-order chi connectivity index (χ1) is 9.08. The zero-order valence-corrected chi connectivity index (χ0v) is 12.9. The summed E-state index contributed by atoms with van der Waals surface area (Å²) < 4.78 is 0. The highest BCUT2D eigenvalue weighted by Gasteiger charge is 2.09. The van der Waals surface area contributed by atoms with E-state index in [0.717, 1.165) is 23.5 Å². The van der Waals surface area contributed by atoms with Gasteiger partial charge in [0, 0.05) is 31.1 Å². The van der Waals surface area contributed by atoms with Crippen molar-refractivity contribution in [3.05, 3.63) is 29.8 Å². The van der Waals surface area contributed by atoms with Gasteiger partial charge in [-0.15, -0.1) is 0 Å². The van der Waals surface area contributed by atoms with Gasteiger partial charge in [0.05, 0.1) is 0 Å². The number of hydrogen-bond acceptors (Lipinski definition) is 3. The van der Waals surface area contributed by atoms with Crippen LogP contribution in [0.2, 0.25) is 0 Å². The highest BCUT2D eigenvalue weighted by Crippen LogP contribution is 2.17. The van der Waals surface area contributed by atoms with Crippen molar-refractivity contribution in [2.24, 2.45) is 0 Å². The van der Waals surface area contributed by atoms with Crippen LogP contribution in [0.15, 0.2) is 24.3 Å². The van der Waals surface area contributed by atoms with Crippen LogP contribution >= 0.6 is 11.8 Å². The lowest BCUT2D eigenvalue weighted by Crippen LogP contribution is -2.33. The number of amides is 2. The number of hydrogen-bond donors (Lipinski definition) is 2. The molecule has 0 heterocycles. The highest BCUT2D eigenvalue weighted by molar-refractivity contribution is 7.98. The number of nitrogens with one attached hydrogen (secondary N) is 2. The maximum Gasteiger partial charge on any atom is 0.321 e. The summed E-state index contributed by atoms with van der Waals surface area (Å²) in [6.07, 6.45) is 2.04. The minimum atomic E-state index is -0.0664. The smallest absolute Gasteiger partial charge is 0.321 e. The Bertz CT molecular complexity index is 411. The lowest BCUT2D eigenvalue weighted by Gasteiger charge is -2.18. The van der Waals surface area contributed by atoms with Crippen LogP contribution in [-0.2, 0) is 0 Å². The number of nitrogens with zero attached hydrogens (tertiary/aromatic N) is 1. The van der Waals surface area contributed by atoms with Gasteiger partial charge in [-0.25, -0.2) is 4.79 Å². The molecule has 0 aliphatic carbocycles. The predicted molar refractivity (Wildman–Crippen MR) is 83.9 cm³/mol. The van der Waals surface area contributed by atoms with Gasteiger partial charge in [0.15, 0.2) is 0 Å². The Kier molecular flexibility index (Phi) is 6.73. The van der Waals surface area contributed by atoms with Gasteiger partial charge in [-0.1, -0.05) is 12.1 Å². The van der Waals surface area contributed by atoms with E-state index in [9.17, 15) is 4.79 Å². The fourth-order valence-electron chi connectivity index (χ4n) is 1.60. The Morgan fingerprint density at radius 1 is 1.47 bits per heavy atom. The summed E-state index contributed by atoms with van der Waals surface area (Å²) >= 11 is 1.73. The second-order valence-electron chi connectivity index (χ2n) is 4.48. The Morgan fingerprint density at radius 3 is 2.84 bits per heavy atom. The first kappa shape index (κ1) is 15.9. The molecule has 0 aliphatic rings. The van der Waals surface area contributed by atoms with Crippen molar-refractivity contribution in [2.75, 3.05) is 38.0 Å². The van der Waals surface area contributed by atoms with Gasteiger partial charge < -0.3 is 15.5 Å². The number of carbonyl (C=O) groups is 1. The summed E-state index contributed by atoms with van der Waals surface area (Å²) in [7, 11) is 3.73. The van der Waals surface area contributed by atoms with Gasteiger partial charge in [-0.2, -0.15) is 11.8 Å². The minimum absolute atomic E-state index is 0.0664. The lowest BCUT2D eigenvalue weighted by molar-refractivity contribution is 0.225. The molecule has 1 atom stereocenters. The quantitative estimate of drug-likeness (QED) is 0.843. The predicted octanol–water partition coefficient (Wildman–Crippen LogP) is 2.79. The van der Waals surface area contributed by atoms with Gasteiger partial charge in [0.25, 0.3) is 0 Å². The van der Waals surface area contributed by atoms with Crippen LogP contribution in [0.5, 0.6) is 0 Å². The van der Waals surface area contributed by atoms with Gasteiger partial charge >= 0.3 is 6.03 Å². The van der Waals surface area contributed by atoms with E-state index < -0.39 is 0 Å². The van der Waals surface area contributed by atoms with Crippen LogP contribution in [0.1, 0.15) is 18.5 Å². The normalized spacial score (nSPS) is 12.0. The number of anilines is 1. The average Bonchev–Trinajstić information content (AvgIpc) is 2.44. The average molecular weight is 281 g/mol. The van der Waals surface area contributed by atoms with Crippen LogP contribution in [0.3, 0.4) is 0 Å². The van der Waals surface area contributed by atoms with Crippen LogP contribution in [-0.4, -0.2) is 43.6 Å². The fourth-order valence-corrected chi connectivity index (χ4v) is 2.06. The second-order valence-corrected chi connectivity index (χ2v) is 5.47. The molecule has 0 aromatic heterocycles. The van der Waals surface area contributed by atoms with E-state index in [0.29, 0.717) is 0 Å². The van der Waals surface area contributed by atoms with Gasteiger partial charge in [-0.05, 0) is 37.9 Å². The van der Waals surface area contributed by atoms with Crippen molar-refractivity contribution in [2.45, 2.75) is 13.0 Å². The van der Waals surface area contributed by atoms with Crippen LogP contribution < -0.4 is 10.6 Å². The SMILES string of the molecule is CNC(C)c1cccc(NC(=O)N(C)CCSC)c1. The van der Waals surface area contributed by atoms with Crippen LogP contribution in [0.4, 0.5) is 10.5 Å². The first-order valence-corrected chi connectivity index (χ1v) is 7.76. The topological polar surface area (TPSA) is 44.4 Å². The Morgan fingerprint density at radius 2 is 2.21 bits per heavy atom. The molecule has 2 N–H and O–H groups in total. The fraction of sp³-hybridized carbons (Fsp3) is 0.500. The summed E-state index contributed by atoms with van der Waals surface area (Å²) in [4.78, 5) is 13.7. The van der Waals surface area contributed by atoms with E-state index in [-0.39, 0.29) is 12.1 Å². The number of benzene rings is 1. The summed E-state index contributed by atoms with van der Waals surface area (Å²) in [6.45, 7) is 2.84. The molecule has 0 bridgehead atoms. The van der Waals surface area contributed by atoms with Gasteiger partial charge in [0.1, 0.15) is 0 Å². The number of carbonyl (C=O) groups excluding carboxylic acids is 1. The maximum absolute atomic E-state index is 12.0. The molecular weight excluding hydrogens is 258 g/mol. The van der Waals surface area contributed by atoms with Gasteiger partial charge in [-0.3, -0.25) is 0 Å². The summed E-state index contributed by atoms with van der Waals surface area (Å²) in [5.74, 6) is 0.945. The van der Waals surface area contributed by atoms with Crippen LogP contribution in [0.25, 0.3) is 0 Å². The molecule has 1 unspecified atom stereocenters. The van der Waals surface area contributed by atoms with Crippen molar-refractivity contribution in [3.8, 4) is 0 Å². The molecule has 1 rings (SSSR count). The molecule has 0 saturated carbocycles. The third kappa shape index (κ3) is 5.12. The van der Waals surface area contributed by atoms with E-state index in [1.807, 2.05) is 44.6 Å². The third-order valence-corrected chi connectivity index (χ3v) is 3.64. The minimum Gasteiger partial charge on any atom is -0.327 e. The molecule has 0 spiro atoms. The van der Waals surface area contributed by atoms with Crippen molar-refractivity contribution in [3.63, 3.8) is 0 Å². The van der Waals surface area contributed by atoms with Crippen molar-refractivity contribution < 1.29 is 4.79 Å². The lowest BCUT2D eigenvalue weighted by atomic mass is 10.1. The molecule has 0 saturated heterocycles. The number of urea groups is 1. The summed E-state index contributed by atoms with van der Waals surface area (Å²) in [5.41, 5.74) is 1.99.